The number of aromatic nitrogens is 1. The number of hydrogen-bond donors (Lipinski definition) is 3. The second kappa shape index (κ2) is 8.83. The van der Waals surface area contributed by atoms with Gasteiger partial charge in [-0.1, -0.05) is 0 Å². The molecule has 27 heavy (non-hydrogen) atoms. The molecule has 0 atom stereocenters. The summed E-state index contributed by atoms with van der Waals surface area (Å²) in [7, 11) is -2.09. The Balaban J connectivity index is 2.18. The zero-order chi connectivity index (χ0) is 20.0. The van der Waals surface area contributed by atoms with Crippen molar-refractivity contribution in [2.75, 3.05) is 26.5 Å². The molecular formula is C14H21N7O4S2. The maximum atomic E-state index is 11.4. The van der Waals surface area contributed by atoms with Crippen LogP contribution in [0.2, 0.25) is 0 Å². The van der Waals surface area contributed by atoms with Crippen molar-refractivity contribution in [3.05, 3.63) is 23.3 Å². The van der Waals surface area contributed by atoms with Crippen LogP contribution in [0.3, 0.4) is 0 Å². The summed E-state index contributed by atoms with van der Waals surface area (Å²) in [6, 6.07) is 3.48. The van der Waals surface area contributed by atoms with E-state index in [0.717, 1.165) is 6.26 Å². The van der Waals surface area contributed by atoms with Gasteiger partial charge in [-0.3, -0.25) is 0 Å². The van der Waals surface area contributed by atoms with Crippen LogP contribution >= 0.6 is 11.3 Å². The molecular weight excluding hydrogens is 394 g/mol. The molecule has 2 aromatic rings. The Labute approximate surface area is 160 Å². The molecule has 2 aromatic heterocycles. The van der Waals surface area contributed by atoms with Crippen LogP contribution in [-0.4, -0.2) is 56.7 Å². The molecule has 0 radical (unpaired) electrons. The van der Waals surface area contributed by atoms with Gasteiger partial charge in [0.1, 0.15) is 11.5 Å². The molecule has 0 aliphatic heterocycles. The molecule has 0 fully saturated rings. The fourth-order valence-corrected chi connectivity index (χ4v) is 3.18. The van der Waals surface area contributed by atoms with Gasteiger partial charge in [0.05, 0.1) is 19.4 Å². The number of aliphatic imine (C=N–C) groups is 1. The minimum Gasteiger partial charge on any atom is -0.458 e. The average molecular weight is 416 g/mol. The minimum absolute atomic E-state index is 0.0783. The van der Waals surface area contributed by atoms with Gasteiger partial charge in [-0.15, -0.1) is 15.7 Å². The van der Waals surface area contributed by atoms with Crippen molar-refractivity contribution in [3.8, 4) is 11.5 Å². The molecule has 148 valence electrons. The number of nitrogens with two attached hydrogens (primary N) is 3. The highest BCUT2D eigenvalue weighted by Gasteiger charge is 2.15. The van der Waals surface area contributed by atoms with Crippen molar-refractivity contribution in [2.24, 2.45) is 26.6 Å². The van der Waals surface area contributed by atoms with E-state index in [1.807, 2.05) is 0 Å². The van der Waals surface area contributed by atoms with Crippen LogP contribution < -0.4 is 17.2 Å². The molecule has 0 saturated heterocycles. The molecule has 0 amide bonds. The van der Waals surface area contributed by atoms with Gasteiger partial charge in [-0.05, 0) is 12.1 Å². The molecule has 2 rings (SSSR count). The van der Waals surface area contributed by atoms with E-state index >= 15 is 0 Å². The van der Waals surface area contributed by atoms with Gasteiger partial charge in [-0.2, -0.15) is 4.99 Å². The van der Waals surface area contributed by atoms with Crippen LogP contribution in [0.4, 0.5) is 5.13 Å². The summed E-state index contributed by atoms with van der Waals surface area (Å²) in [4.78, 5) is 9.68. The minimum atomic E-state index is -3.62. The Morgan fingerprint density at radius 1 is 1.37 bits per heavy atom. The fourth-order valence-electron chi connectivity index (χ4n) is 2.03. The molecule has 0 saturated carbocycles. The first-order chi connectivity index (χ1) is 12.7. The molecule has 0 aromatic carbocycles. The molecule has 2 heterocycles. The van der Waals surface area contributed by atoms with E-state index < -0.39 is 10.0 Å². The topological polar surface area (TPSA) is 175 Å². The van der Waals surface area contributed by atoms with Crippen LogP contribution in [0.25, 0.3) is 11.5 Å². The number of sulfonamides is 1. The summed E-state index contributed by atoms with van der Waals surface area (Å²) in [5.41, 5.74) is 17.1. The lowest BCUT2D eigenvalue weighted by Crippen LogP contribution is -2.39. The number of ether oxygens (including phenoxy) is 1. The van der Waals surface area contributed by atoms with E-state index in [4.69, 9.17) is 26.4 Å². The first kappa shape index (κ1) is 20.7. The monoisotopic (exact) mass is 415 g/mol. The molecule has 13 heteroatoms. The Morgan fingerprint density at radius 3 is 2.74 bits per heavy atom. The van der Waals surface area contributed by atoms with Gasteiger partial charge in [-0.25, -0.2) is 13.4 Å². The SMILES string of the molecule is COCCN(Cc1ccc(-c2csc(N=C(N)N)n2)o1)C(N)=NS(C)(=O)=O. The maximum absolute atomic E-state index is 11.4. The third-order valence-electron chi connectivity index (χ3n) is 3.13. The Hall–Kier alpha value is -2.64. The van der Waals surface area contributed by atoms with Gasteiger partial charge in [0.15, 0.2) is 11.7 Å². The summed E-state index contributed by atoms with van der Waals surface area (Å²) in [6.07, 6.45) is 0.968. The van der Waals surface area contributed by atoms with Gasteiger partial charge in [0.2, 0.25) is 11.1 Å². The van der Waals surface area contributed by atoms with Crippen molar-refractivity contribution in [1.29, 1.82) is 0 Å². The van der Waals surface area contributed by atoms with Gasteiger partial charge in [0, 0.05) is 19.0 Å². The van der Waals surface area contributed by atoms with E-state index in [-0.39, 0.29) is 18.5 Å². The summed E-state index contributed by atoms with van der Waals surface area (Å²) in [5, 5.41) is 2.17. The highest BCUT2D eigenvalue weighted by Crippen LogP contribution is 2.28. The largest absolute Gasteiger partial charge is 0.458 e. The summed E-state index contributed by atoms with van der Waals surface area (Å²) in [6.45, 7) is 0.878. The third kappa shape index (κ3) is 6.54. The summed E-state index contributed by atoms with van der Waals surface area (Å²) < 4.78 is 37.0. The first-order valence-corrected chi connectivity index (χ1v) is 10.3. The number of rotatable bonds is 8. The van der Waals surface area contributed by atoms with Crippen LogP contribution in [0.1, 0.15) is 5.76 Å². The second-order valence-corrected chi connectivity index (χ2v) is 7.90. The molecule has 0 aliphatic carbocycles. The van der Waals surface area contributed by atoms with Crippen molar-refractivity contribution in [1.82, 2.24) is 9.88 Å². The molecule has 0 spiro atoms. The van der Waals surface area contributed by atoms with E-state index in [1.54, 1.807) is 22.4 Å². The van der Waals surface area contributed by atoms with E-state index in [2.05, 4.69) is 14.4 Å². The maximum Gasteiger partial charge on any atom is 0.253 e. The number of furan rings is 1. The number of methoxy groups -OCH3 is 1. The third-order valence-corrected chi connectivity index (χ3v) is 4.38. The average Bonchev–Trinajstić information content (AvgIpc) is 3.18. The molecule has 0 aliphatic rings. The van der Waals surface area contributed by atoms with Crippen molar-refractivity contribution < 1.29 is 17.6 Å². The normalized spacial score (nSPS) is 12.1. The molecule has 0 bridgehead atoms. The van der Waals surface area contributed by atoms with Crippen molar-refractivity contribution >= 4 is 38.4 Å². The Kier molecular flexibility index (Phi) is 6.76. The lowest BCUT2D eigenvalue weighted by molar-refractivity contribution is 0.171. The van der Waals surface area contributed by atoms with Crippen LogP contribution in [0, 0.1) is 0 Å². The zero-order valence-corrected chi connectivity index (χ0v) is 16.5. The Morgan fingerprint density at radius 2 is 2.11 bits per heavy atom. The van der Waals surface area contributed by atoms with Crippen LogP contribution in [0.15, 0.2) is 31.3 Å². The smallest absolute Gasteiger partial charge is 0.253 e. The summed E-state index contributed by atoms with van der Waals surface area (Å²) >= 11 is 1.27. The lowest BCUT2D eigenvalue weighted by Gasteiger charge is -2.21. The van der Waals surface area contributed by atoms with Crippen molar-refractivity contribution in [2.45, 2.75) is 6.54 Å². The van der Waals surface area contributed by atoms with Crippen LogP contribution in [0.5, 0.6) is 0 Å². The highest BCUT2D eigenvalue weighted by molar-refractivity contribution is 7.89. The molecule has 6 N–H and O–H groups in total. The first-order valence-electron chi connectivity index (χ1n) is 7.61. The zero-order valence-electron chi connectivity index (χ0n) is 14.8. The lowest BCUT2D eigenvalue weighted by atomic mass is 10.3. The second-order valence-electron chi connectivity index (χ2n) is 5.41. The van der Waals surface area contributed by atoms with E-state index in [1.165, 1.54) is 18.4 Å². The van der Waals surface area contributed by atoms with Gasteiger partial charge in [0.25, 0.3) is 10.0 Å². The van der Waals surface area contributed by atoms with Gasteiger partial charge < -0.3 is 31.3 Å². The molecule has 11 nitrogen and oxygen atoms in total. The van der Waals surface area contributed by atoms with Crippen LogP contribution in [-0.2, 0) is 21.3 Å². The Bertz CT molecular complexity index is 929. The number of hydrogen-bond acceptors (Lipinski definition) is 7. The quantitative estimate of drug-likeness (QED) is 0.396. The molecule has 0 unspecified atom stereocenters. The van der Waals surface area contributed by atoms with E-state index in [9.17, 15) is 8.42 Å². The van der Waals surface area contributed by atoms with E-state index in [0.29, 0.717) is 35.5 Å². The van der Waals surface area contributed by atoms with Gasteiger partial charge >= 0.3 is 0 Å². The number of guanidine groups is 2. The predicted octanol–water partition coefficient (Wildman–Crippen LogP) is 0.0307. The number of nitrogens with zero attached hydrogens (tertiary/aromatic N) is 4. The summed E-state index contributed by atoms with van der Waals surface area (Å²) in [5.74, 6) is 0.842. The highest BCUT2D eigenvalue weighted by atomic mass is 32.2. The predicted molar refractivity (Wildman–Crippen MR) is 104 cm³/mol. The number of thiazole rings is 1. The fraction of sp³-hybridized carbons (Fsp3) is 0.357. The standard InChI is InChI=1S/C14H21N7O4S2/c1-24-6-5-21(13(17)20-27(2,22)23)7-9-3-4-11(25-9)10-8-26-14(18-10)19-12(15)16/h3-4,8H,5-7H2,1-2H3,(H2,17,20)(H4,15,16,18,19). The van der Waals surface area contributed by atoms with Crippen molar-refractivity contribution in [3.63, 3.8) is 0 Å².